The van der Waals surface area contributed by atoms with E-state index in [2.05, 4.69) is 15.5 Å². The fourth-order valence-electron chi connectivity index (χ4n) is 1.36. The van der Waals surface area contributed by atoms with Crippen LogP contribution in [0.4, 0.5) is 0 Å². The summed E-state index contributed by atoms with van der Waals surface area (Å²) in [6.45, 7) is 0.566. The molecule has 0 aliphatic rings. The normalized spacial score (nSPS) is 10.4. The SMILES string of the molecule is CNCc1nc(-c2cccc(OC)c2)no1. The first-order valence-corrected chi connectivity index (χ1v) is 4.95. The highest BCUT2D eigenvalue weighted by atomic mass is 16.5. The zero-order valence-electron chi connectivity index (χ0n) is 9.23. The first-order chi connectivity index (χ1) is 7.83. The van der Waals surface area contributed by atoms with Crippen molar-refractivity contribution in [2.45, 2.75) is 6.54 Å². The van der Waals surface area contributed by atoms with Crippen molar-refractivity contribution in [3.63, 3.8) is 0 Å². The second-order valence-corrected chi connectivity index (χ2v) is 3.27. The number of ether oxygens (including phenoxy) is 1. The molecule has 0 spiro atoms. The van der Waals surface area contributed by atoms with E-state index >= 15 is 0 Å². The molecule has 0 unspecified atom stereocenters. The highest BCUT2D eigenvalue weighted by Gasteiger charge is 2.08. The molecule has 2 aromatic rings. The predicted octanol–water partition coefficient (Wildman–Crippen LogP) is 1.46. The highest BCUT2D eigenvalue weighted by molar-refractivity contribution is 5.56. The second kappa shape index (κ2) is 4.76. The van der Waals surface area contributed by atoms with Crippen LogP contribution in [0.3, 0.4) is 0 Å². The lowest BCUT2D eigenvalue weighted by Gasteiger charge is -1.99. The topological polar surface area (TPSA) is 60.2 Å². The Balaban J connectivity index is 2.27. The third-order valence-electron chi connectivity index (χ3n) is 2.12. The summed E-state index contributed by atoms with van der Waals surface area (Å²) in [5.41, 5.74) is 0.880. The van der Waals surface area contributed by atoms with E-state index in [-0.39, 0.29) is 0 Å². The van der Waals surface area contributed by atoms with Crippen molar-refractivity contribution < 1.29 is 9.26 Å². The van der Waals surface area contributed by atoms with Crippen molar-refractivity contribution in [2.75, 3.05) is 14.2 Å². The average molecular weight is 219 g/mol. The Morgan fingerprint density at radius 2 is 2.31 bits per heavy atom. The number of hydrogen-bond donors (Lipinski definition) is 1. The summed E-state index contributed by atoms with van der Waals surface area (Å²) in [5, 5.41) is 6.85. The van der Waals surface area contributed by atoms with Crippen molar-refractivity contribution >= 4 is 0 Å². The third-order valence-corrected chi connectivity index (χ3v) is 2.12. The molecule has 0 bridgehead atoms. The molecule has 0 atom stereocenters. The molecule has 1 heterocycles. The van der Waals surface area contributed by atoms with Gasteiger partial charge in [0, 0.05) is 5.56 Å². The minimum absolute atomic E-state index is 0.566. The maximum atomic E-state index is 5.13. The summed E-state index contributed by atoms with van der Waals surface area (Å²) in [6, 6.07) is 7.55. The molecule has 0 aliphatic carbocycles. The van der Waals surface area contributed by atoms with Gasteiger partial charge >= 0.3 is 0 Å². The first-order valence-electron chi connectivity index (χ1n) is 4.95. The molecule has 0 radical (unpaired) electrons. The molecule has 0 aliphatic heterocycles. The van der Waals surface area contributed by atoms with Crippen LogP contribution in [0.2, 0.25) is 0 Å². The van der Waals surface area contributed by atoms with Crippen LogP contribution < -0.4 is 10.1 Å². The molecule has 0 fully saturated rings. The van der Waals surface area contributed by atoms with E-state index in [9.17, 15) is 0 Å². The zero-order chi connectivity index (χ0) is 11.4. The molecule has 2 rings (SSSR count). The minimum Gasteiger partial charge on any atom is -0.497 e. The lowest BCUT2D eigenvalue weighted by molar-refractivity contribution is 0.372. The minimum atomic E-state index is 0.566. The number of aromatic nitrogens is 2. The standard InChI is InChI=1S/C11H13N3O2/c1-12-7-10-13-11(14-16-10)8-4-3-5-9(6-8)15-2/h3-6,12H,7H2,1-2H3. The molecule has 0 amide bonds. The maximum absolute atomic E-state index is 5.13. The fraction of sp³-hybridized carbons (Fsp3) is 0.273. The van der Waals surface area contributed by atoms with Crippen LogP contribution in [0.15, 0.2) is 28.8 Å². The Bertz CT molecular complexity index is 468. The van der Waals surface area contributed by atoms with E-state index in [4.69, 9.17) is 9.26 Å². The molecule has 84 valence electrons. The molecule has 0 saturated carbocycles. The summed E-state index contributed by atoms with van der Waals surface area (Å²) in [6.07, 6.45) is 0. The summed E-state index contributed by atoms with van der Waals surface area (Å²) >= 11 is 0. The molecule has 5 heteroatoms. The van der Waals surface area contributed by atoms with Crippen molar-refractivity contribution in [1.29, 1.82) is 0 Å². The molecular weight excluding hydrogens is 206 g/mol. The number of nitrogens with zero attached hydrogens (tertiary/aromatic N) is 2. The van der Waals surface area contributed by atoms with Gasteiger partial charge in [-0.15, -0.1) is 0 Å². The van der Waals surface area contributed by atoms with Gasteiger partial charge < -0.3 is 14.6 Å². The fourth-order valence-corrected chi connectivity index (χ4v) is 1.36. The van der Waals surface area contributed by atoms with Gasteiger partial charge in [0.15, 0.2) is 0 Å². The van der Waals surface area contributed by atoms with Gasteiger partial charge in [0.2, 0.25) is 11.7 Å². The van der Waals surface area contributed by atoms with Gasteiger partial charge in [-0.1, -0.05) is 17.3 Å². The van der Waals surface area contributed by atoms with Gasteiger partial charge in [0.1, 0.15) is 5.75 Å². The monoisotopic (exact) mass is 219 g/mol. The van der Waals surface area contributed by atoms with Gasteiger partial charge in [0.25, 0.3) is 0 Å². The van der Waals surface area contributed by atoms with Crippen LogP contribution in [0.1, 0.15) is 5.89 Å². The summed E-state index contributed by atoms with van der Waals surface area (Å²) in [7, 11) is 3.46. The molecule has 0 saturated heterocycles. The van der Waals surface area contributed by atoms with E-state index in [1.54, 1.807) is 7.11 Å². The van der Waals surface area contributed by atoms with E-state index in [0.717, 1.165) is 11.3 Å². The maximum Gasteiger partial charge on any atom is 0.240 e. The third kappa shape index (κ3) is 2.20. The molecular formula is C11H13N3O2. The van der Waals surface area contributed by atoms with Crippen LogP contribution in [-0.4, -0.2) is 24.3 Å². The smallest absolute Gasteiger partial charge is 0.240 e. The first kappa shape index (κ1) is 10.6. The zero-order valence-corrected chi connectivity index (χ0v) is 9.23. The van der Waals surface area contributed by atoms with E-state index in [1.165, 1.54) is 0 Å². The van der Waals surface area contributed by atoms with Crippen molar-refractivity contribution in [2.24, 2.45) is 0 Å². The van der Waals surface area contributed by atoms with Gasteiger partial charge in [-0.2, -0.15) is 4.98 Å². The lowest BCUT2D eigenvalue weighted by atomic mass is 10.2. The van der Waals surface area contributed by atoms with E-state index < -0.39 is 0 Å². The van der Waals surface area contributed by atoms with Crippen LogP contribution in [0, 0.1) is 0 Å². The van der Waals surface area contributed by atoms with Crippen LogP contribution >= 0.6 is 0 Å². The van der Waals surface area contributed by atoms with Crippen molar-refractivity contribution in [3.05, 3.63) is 30.2 Å². The lowest BCUT2D eigenvalue weighted by Crippen LogP contribution is -2.04. The van der Waals surface area contributed by atoms with Crippen LogP contribution in [0.5, 0.6) is 5.75 Å². The van der Waals surface area contributed by atoms with Gasteiger partial charge in [-0.05, 0) is 19.2 Å². The van der Waals surface area contributed by atoms with E-state index in [1.807, 2.05) is 31.3 Å². The molecule has 1 aromatic carbocycles. The van der Waals surface area contributed by atoms with Crippen molar-refractivity contribution in [1.82, 2.24) is 15.5 Å². The predicted molar refractivity (Wildman–Crippen MR) is 59.0 cm³/mol. The number of methoxy groups -OCH3 is 1. The molecule has 1 aromatic heterocycles. The van der Waals surface area contributed by atoms with Gasteiger partial charge in [-0.25, -0.2) is 0 Å². The summed E-state index contributed by atoms with van der Waals surface area (Å²) in [4.78, 5) is 4.25. The quantitative estimate of drug-likeness (QED) is 0.843. The Kier molecular flexibility index (Phi) is 3.16. The van der Waals surface area contributed by atoms with Gasteiger partial charge in [-0.3, -0.25) is 0 Å². The number of nitrogens with one attached hydrogen (secondary N) is 1. The molecule has 5 nitrogen and oxygen atoms in total. The second-order valence-electron chi connectivity index (χ2n) is 3.27. The van der Waals surface area contributed by atoms with E-state index in [0.29, 0.717) is 18.3 Å². The molecule has 16 heavy (non-hydrogen) atoms. The van der Waals surface area contributed by atoms with Crippen LogP contribution in [-0.2, 0) is 6.54 Å². The number of rotatable bonds is 4. The number of benzene rings is 1. The van der Waals surface area contributed by atoms with Gasteiger partial charge in [0.05, 0.1) is 13.7 Å². The highest BCUT2D eigenvalue weighted by Crippen LogP contribution is 2.20. The average Bonchev–Trinajstić information content (AvgIpc) is 2.78. The van der Waals surface area contributed by atoms with Crippen LogP contribution in [0.25, 0.3) is 11.4 Å². The number of hydrogen-bond acceptors (Lipinski definition) is 5. The Morgan fingerprint density at radius 1 is 1.44 bits per heavy atom. The Morgan fingerprint density at radius 3 is 3.06 bits per heavy atom. The Hall–Kier alpha value is -1.88. The largest absolute Gasteiger partial charge is 0.497 e. The van der Waals surface area contributed by atoms with Crippen molar-refractivity contribution in [3.8, 4) is 17.1 Å². The summed E-state index contributed by atoms with van der Waals surface area (Å²) in [5.74, 6) is 1.92. The summed E-state index contributed by atoms with van der Waals surface area (Å²) < 4.78 is 10.2. The molecule has 1 N–H and O–H groups in total. The Labute approximate surface area is 93.4 Å².